The Morgan fingerprint density at radius 2 is 1.78 bits per heavy atom. The smallest absolute Gasteiger partial charge is 0.242 e. The van der Waals surface area contributed by atoms with Crippen molar-refractivity contribution >= 4 is 17.6 Å². The van der Waals surface area contributed by atoms with E-state index in [0.29, 0.717) is 32.1 Å². The molecule has 3 rings (SSSR count). The number of anilines is 1. The number of hydrogen-bond donors (Lipinski definition) is 0. The van der Waals surface area contributed by atoms with Crippen molar-refractivity contribution in [3.8, 4) is 17.0 Å². The number of amides is 2. The third-order valence-corrected chi connectivity index (χ3v) is 5.57. The fraction of sp³-hybridized carbons (Fsp3) is 0.500. The van der Waals surface area contributed by atoms with Crippen LogP contribution in [0.2, 0.25) is 0 Å². The number of aromatic nitrogens is 2. The summed E-state index contributed by atoms with van der Waals surface area (Å²) < 4.78 is 5.20. The highest BCUT2D eigenvalue weighted by Gasteiger charge is 2.23. The number of ether oxygens (including phenoxy) is 1. The minimum Gasteiger partial charge on any atom is -0.497 e. The third kappa shape index (κ3) is 6.18. The van der Waals surface area contributed by atoms with E-state index in [9.17, 15) is 9.59 Å². The minimum atomic E-state index is -0.0595. The summed E-state index contributed by atoms with van der Waals surface area (Å²) in [6.07, 6.45) is 0.845. The van der Waals surface area contributed by atoms with Crippen molar-refractivity contribution in [3.63, 3.8) is 0 Å². The van der Waals surface area contributed by atoms with Gasteiger partial charge in [0.25, 0.3) is 0 Å². The summed E-state index contributed by atoms with van der Waals surface area (Å²) >= 11 is 0. The number of benzene rings is 1. The lowest BCUT2D eigenvalue weighted by atomic mass is 10.1. The summed E-state index contributed by atoms with van der Waals surface area (Å²) in [5.74, 6) is 1.88. The second-order valence-electron chi connectivity index (χ2n) is 8.52. The molecule has 2 aromatic rings. The van der Waals surface area contributed by atoms with E-state index in [4.69, 9.17) is 4.74 Å². The largest absolute Gasteiger partial charge is 0.497 e. The number of carbonyl (C=O) groups excluding carboxylic acids is 2. The molecule has 0 radical (unpaired) electrons. The zero-order valence-electron chi connectivity index (χ0n) is 19.5. The molecular weight excluding hydrogens is 406 g/mol. The molecule has 1 aromatic carbocycles. The van der Waals surface area contributed by atoms with E-state index < -0.39 is 0 Å². The molecule has 8 heteroatoms. The van der Waals surface area contributed by atoms with E-state index in [2.05, 4.69) is 15.1 Å². The molecular formula is C24H33N5O3. The van der Waals surface area contributed by atoms with Gasteiger partial charge in [-0.1, -0.05) is 13.8 Å². The van der Waals surface area contributed by atoms with Gasteiger partial charge in [-0.15, -0.1) is 10.2 Å². The van der Waals surface area contributed by atoms with Crippen molar-refractivity contribution in [1.82, 2.24) is 20.0 Å². The van der Waals surface area contributed by atoms with Gasteiger partial charge in [0, 0.05) is 45.2 Å². The summed E-state index contributed by atoms with van der Waals surface area (Å²) in [7, 11) is 1.64. The molecule has 8 nitrogen and oxygen atoms in total. The Balaban J connectivity index is 1.59. The molecule has 1 saturated heterocycles. The Morgan fingerprint density at radius 3 is 2.38 bits per heavy atom. The molecule has 1 aliphatic heterocycles. The van der Waals surface area contributed by atoms with Crippen LogP contribution in [0.25, 0.3) is 11.3 Å². The molecule has 172 valence electrons. The van der Waals surface area contributed by atoms with Crippen LogP contribution in [0, 0.1) is 5.92 Å². The van der Waals surface area contributed by atoms with Gasteiger partial charge in [0.1, 0.15) is 5.75 Å². The average molecular weight is 440 g/mol. The van der Waals surface area contributed by atoms with Crippen LogP contribution in [-0.4, -0.2) is 78.2 Å². The predicted octanol–water partition coefficient (Wildman–Crippen LogP) is 2.70. The normalized spacial score (nSPS) is 14.3. The fourth-order valence-electron chi connectivity index (χ4n) is 3.81. The van der Waals surface area contributed by atoms with E-state index in [1.54, 1.807) is 12.0 Å². The molecule has 0 atom stereocenters. The van der Waals surface area contributed by atoms with Crippen molar-refractivity contribution in [3.05, 3.63) is 36.4 Å². The van der Waals surface area contributed by atoms with Crippen molar-refractivity contribution in [2.75, 3.05) is 51.3 Å². The standard InChI is InChI=1S/C24H33N5O3/c1-18(2)16-29(19(3)30)17-24(31)28-13-5-12-27(14-15-28)23-11-10-22(25-26-23)20-6-8-21(32-4)9-7-20/h6-11,18H,5,12-17H2,1-4H3. The molecule has 0 N–H and O–H groups in total. The fourth-order valence-corrected chi connectivity index (χ4v) is 3.81. The van der Waals surface area contributed by atoms with Crippen LogP contribution < -0.4 is 9.64 Å². The van der Waals surface area contributed by atoms with E-state index in [-0.39, 0.29) is 18.4 Å². The second-order valence-corrected chi connectivity index (χ2v) is 8.52. The van der Waals surface area contributed by atoms with Crippen LogP contribution in [0.15, 0.2) is 36.4 Å². The molecule has 0 spiro atoms. The third-order valence-electron chi connectivity index (χ3n) is 5.57. The molecule has 2 heterocycles. The Bertz CT molecular complexity index is 899. The highest BCUT2D eigenvalue weighted by Crippen LogP contribution is 2.22. The molecule has 1 aliphatic rings. The molecule has 32 heavy (non-hydrogen) atoms. The number of methoxy groups -OCH3 is 1. The van der Waals surface area contributed by atoms with Gasteiger partial charge >= 0.3 is 0 Å². The molecule has 1 aromatic heterocycles. The SMILES string of the molecule is COc1ccc(-c2ccc(N3CCCN(C(=O)CN(CC(C)C)C(C)=O)CC3)nn2)cc1. The van der Waals surface area contributed by atoms with Gasteiger partial charge in [0.15, 0.2) is 5.82 Å². The van der Waals surface area contributed by atoms with Gasteiger partial charge in [0.2, 0.25) is 11.8 Å². The van der Waals surface area contributed by atoms with E-state index in [1.807, 2.05) is 55.1 Å². The Kier molecular flexibility index (Phi) is 8.03. The van der Waals surface area contributed by atoms with Crippen molar-refractivity contribution < 1.29 is 14.3 Å². The zero-order valence-corrected chi connectivity index (χ0v) is 19.5. The highest BCUT2D eigenvalue weighted by molar-refractivity contribution is 5.84. The maximum absolute atomic E-state index is 12.8. The second kappa shape index (κ2) is 10.9. The first-order chi connectivity index (χ1) is 15.4. The van der Waals surface area contributed by atoms with Crippen LogP contribution >= 0.6 is 0 Å². The summed E-state index contributed by atoms with van der Waals surface area (Å²) in [4.78, 5) is 30.4. The van der Waals surface area contributed by atoms with Gasteiger partial charge in [-0.2, -0.15) is 0 Å². The van der Waals surface area contributed by atoms with Gasteiger partial charge in [-0.25, -0.2) is 0 Å². The minimum absolute atomic E-state index is 0.00337. The van der Waals surface area contributed by atoms with Gasteiger partial charge in [-0.3, -0.25) is 9.59 Å². The van der Waals surface area contributed by atoms with Crippen LogP contribution in [-0.2, 0) is 9.59 Å². The lowest BCUT2D eigenvalue weighted by Gasteiger charge is -2.27. The topological polar surface area (TPSA) is 78.9 Å². The summed E-state index contributed by atoms with van der Waals surface area (Å²) in [5, 5.41) is 8.82. The first-order valence-corrected chi connectivity index (χ1v) is 11.1. The molecule has 2 amide bonds. The van der Waals surface area contributed by atoms with E-state index >= 15 is 0 Å². The Labute approximate surface area is 190 Å². The predicted molar refractivity (Wildman–Crippen MR) is 125 cm³/mol. The van der Waals surface area contributed by atoms with Crippen LogP contribution in [0.3, 0.4) is 0 Å². The van der Waals surface area contributed by atoms with Crippen LogP contribution in [0.1, 0.15) is 27.2 Å². The first-order valence-electron chi connectivity index (χ1n) is 11.1. The summed E-state index contributed by atoms with van der Waals surface area (Å²) in [6.45, 7) is 9.13. The maximum atomic E-state index is 12.8. The zero-order chi connectivity index (χ0) is 23.1. The average Bonchev–Trinajstić information content (AvgIpc) is 3.05. The Hall–Kier alpha value is -3.16. The van der Waals surface area contributed by atoms with E-state index in [0.717, 1.165) is 35.8 Å². The monoisotopic (exact) mass is 439 g/mol. The molecule has 0 bridgehead atoms. The summed E-state index contributed by atoms with van der Waals surface area (Å²) in [5.41, 5.74) is 1.78. The van der Waals surface area contributed by atoms with Gasteiger partial charge < -0.3 is 19.4 Å². The quantitative estimate of drug-likeness (QED) is 0.660. The van der Waals surface area contributed by atoms with E-state index in [1.165, 1.54) is 6.92 Å². The van der Waals surface area contributed by atoms with Crippen LogP contribution in [0.4, 0.5) is 5.82 Å². The molecule has 0 saturated carbocycles. The molecule has 0 aliphatic carbocycles. The number of nitrogens with zero attached hydrogens (tertiary/aromatic N) is 5. The lowest BCUT2D eigenvalue weighted by Crippen LogP contribution is -2.44. The van der Waals surface area contributed by atoms with Crippen molar-refractivity contribution in [2.24, 2.45) is 5.92 Å². The lowest BCUT2D eigenvalue weighted by molar-refractivity contribution is -0.139. The number of carbonyl (C=O) groups is 2. The number of rotatable bonds is 7. The first kappa shape index (κ1) is 23.5. The van der Waals surface area contributed by atoms with Gasteiger partial charge in [0.05, 0.1) is 19.3 Å². The van der Waals surface area contributed by atoms with Crippen LogP contribution in [0.5, 0.6) is 5.75 Å². The van der Waals surface area contributed by atoms with Crippen molar-refractivity contribution in [2.45, 2.75) is 27.2 Å². The molecule has 1 fully saturated rings. The molecule has 0 unspecified atom stereocenters. The summed E-state index contributed by atoms with van der Waals surface area (Å²) in [6, 6.07) is 11.7. The number of hydrogen-bond acceptors (Lipinski definition) is 6. The van der Waals surface area contributed by atoms with Crippen molar-refractivity contribution in [1.29, 1.82) is 0 Å². The maximum Gasteiger partial charge on any atom is 0.242 e. The Morgan fingerprint density at radius 1 is 1.03 bits per heavy atom. The highest BCUT2D eigenvalue weighted by atomic mass is 16.5. The van der Waals surface area contributed by atoms with Gasteiger partial charge in [-0.05, 0) is 48.7 Å².